The lowest BCUT2D eigenvalue weighted by atomic mass is 10.2. The largest absolute Gasteiger partial charge is 0.399 e. The third kappa shape index (κ3) is 5.83. The summed E-state index contributed by atoms with van der Waals surface area (Å²) in [6, 6.07) is 3.93. The van der Waals surface area contributed by atoms with Gasteiger partial charge in [0, 0.05) is 22.2 Å². The van der Waals surface area contributed by atoms with Gasteiger partial charge in [0.2, 0.25) is 5.91 Å². The third-order valence-electron chi connectivity index (χ3n) is 2.48. The molecule has 0 heterocycles. The number of rotatable bonds is 6. The number of nitrogen functional groups attached to an aromatic ring is 1. The predicted octanol–water partition coefficient (Wildman–Crippen LogP) is 2.14. The van der Waals surface area contributed by atoms with Crippen molar-refractivity contribution in [2.75, 3.05) is 22.6 Å². The van der Waals surface area contributed by atoms with E-state index in [-0.39, 0.29) is 11.4 Å². The zero-order chi connectivity index (χ0) is 14.4. The van der Waals surface area contributed by atoms with E-state index in [9.17, 15) is 13.4 Å². The van der Waals surface area contributed by atoms with Gasteiger partial charge in [-0.25, -0.2) is 4.39 Å². The maximum absolute atomic E-state index is 13.4. The van der Waals surface area contributed by atoms with Gasteiger partial charge in [0.05, 0.1) is 5.69 Å². The molecule has 0 radical (unpaired) electrons. The third-order valence-corrected chi connectivity index (χ3v) is 3.75. The first kappa shape index (κ1) is 15.6. The van der Waals surface area contributed by atoms with E-state index >= 15 is 0 Å². The summed E-state index contributed by atoms with van der Waals surface area (Å²) in [6.45, 7) is 4.05. The second-order valence-electron chi connectivity index (χ2n) is 4.76. The van der Waals surface area contributed by atoms with E-state index in [4.69, 9.17) is 5.73 Å². The van der Waals surface area contributed by atoms with Crippen LogP contribution in [0.15, 0.2) is 18.2 Å². The number of nitrogens with one attached hydrogen (secondary N) is 1. The molecule has 1 aromatic carbocycles. The summed E-state index contributed by atoms with van der Waals surface area (Å²) >= 11 is 0. The van der Waals surface area contributed by atoms with Crippen LogP contribution in [0.5, 0.6) is 0 Å². The summed E-state index contributed by atoms with van der Waals surface area (Å²) in [6.07, 6.45) is 0.798. The minimum atomic E-state index is -1.22. The van der Waals surface area contributed by atoms with Crippen molar-refractivity contribution in [3.05, 3.63) is 24.0 Å². The molecule has 0 fully saturated rings. The lowest BCUT2D eigenvalue weighted by molar-refractivity contribution is -0.113. The topological polar surface area (TPSA) is 72.2 Å². The van der Waals surface area contributed by atoms with Crippen LogP contribution in [0.1, 0.15) is 20.3 Å². The number of nitrogens with two attached hydrogens (primary N) is 1. The van der Waals surface area contributed by atoms with Gasteiger partial charge < -0.3 is 11.1 Å². The van der Waals surface area contributed by atoms with E-state index in [2.05, 4.69) is 5.32 Å². The van der Waals surface area contributed by atoms with Crippen molar-refractivity contribution in [3.63, 3.8) is 0 Å². The molecule has 19 heavy (non-hydrogen) atoms. The number of anilines is 2. The first-order valence-corrected chi connectivity index (χ1v) is 7.57. The molecule has 0 saturated heterocycles. The minimum Gasteiger partial charge on any atom is -0.399 e. The summed E-state index contributed by atoms with van der Waals surface area (Å²) in [7, 11) is -1.22. The molecule has 106 valence electrons. The van der Waals surface area contributed by atoms with Crippen molar-refractivity contribution in [1.29, 1.82) is 0 Å². The van der Waals surface area contributed by atoms with Gasteiger partial charge in [0.25, 0.3) is 0 Å². The van der Waals surface area contributed by atoms with Crippen LogP contribution in [-0.4, -0.2) is 21.6 Å². The number of amides is 1. The monoisotopic (exact) mass is 286 g/mol. The summed E-state index contributed by atoms with van der Waals surface area (Å²) in [5, 5.41) is 2.38. The molecule has 4 nitrogen and oxygen atoms in total. The van der Waals surface area contributed by atoms with E-state index in [1.54, 1.807) is 0 Å². The molecular formula is C13H19FN2O2S. The number of benzene rings is 1. The Morgan fingerprint density at radius 2 is 2.16 bits per heavy atom. The van der Waals surface area contributed by atoms with Crippen molar-refractivity contribution in [1.82, 2.24) is 0 Å². The quantitative estimate of drug-likeness (QED) is 0.787. The molecular weight excluding hydrogens is 267 g/mol. The molecule has 0 aliphatic heterocycles. The maximum Gasteiger partial charge on any atom is 0.237 e. The van der Waals surface area contributed by atoms with Gasteiger partial charge in [-0.3, -0.25) is 9.00 Å². The Kier molecular flexibility index (Phi) is 5.95. The molecule has 6 heteroatoms. The molecule has 0 aliphatic carbocycles. The SMILES string of the molecule is CC(C)CCS(=O)CC(=O)Nc1cc(N)ccc1F. The van der Waals surface area contributed by atoms with Gasteiger partial charge in [0.1, 0.15) is 11.6 Å². The minimum absolute atomic E-state index is 0.0193. The van der Waals surface area contributed by atoms with Crippen molar-refractivity contribution in [3.8, 4) is 0 Å². The molecule has 0 aromatic heterocycles. The smallest absolute Gasteiger partial charge is 0.237 e. The highest BCUT2D eigenvalue weighted by Crippen LogP contribution is 2.17. The molecule has 1 atom stereocenters. The van der Waals surface area contributed by atoms with Crippen molar-refractivity contribution in [2.24, 2.45) is 5.92 Å². The summed E-state index contributed by atoms with van der Waals surface area (Å²) in [5.41, 5.74) is 5.89. The second kappa shape index (κ2) is 7.23. The zero-order valence-electron chi connectivity index (χ0n) is 11.1. The average molecular weight is 286 g/mol. The Balaban J connectivity index is 2.51. The Morgan fingerprint density at radius 1 is 1.47 bits per heavy atom. The summed E-state index contributed by atoms with van der Waals surface area (Å²) < 4.78 is 25.0. The van der Waals surface area contributed by atoms with Crippen LogP contribution in [0.3, 0.4) is 0 Å². The predicted molar refractivity (Wildman–Crippen MR) is 76.8 cm³/mol. The van der Waals surface area contributed by atoms with Gasteiger partial charge in [-0.15, -0.1) is 0 Å². The van der Waals surface area contributed by atoms with Crippen LogP contribution < -0.4 is 11.1 Å². The lowest BCUT2D eigenvalue weighted by Crippen LogP contribution is -2.21. The van der Waals surface area contributed by atoms with Crippen LogP contribution >= 0.6 is 0 Å². The summed E-state index contributed by atoms with van der Waals surface area (Å²) in [4.78, 5) is 11.6. The standard InChI is InChI=1S/C13H19FN2O2S/c1-9(2)5-6-19(18)8-13(17)16-12-7-10(15)3-4-11(12)14/h3-4,7,9H,5-6,8,15H2,1-2H3,(H,16,17). The Hall–Kier alpha value is -1.43. The van der Waals surface area contributed by atoms with E-state index in [0.29, 0.717) is 17.4 Å². The average Bonchev–Trinajstić information content (AvgIpc) is 2.31. The van der Waals surface area contributed by atoms with Crippen molar-refractivity contribution < 1.29 is 13.4 Å². The number of hydrogen-bond donors (Lipinski definition) is 2. The second-order valence-corrected chi connectivity index (χ2v) is 6.33. The van der Waals surface area contributed by atoms with Crippen LogP contribution in [0, 0.1) is 11.7 Å². The summed E-state index contributed by atoms with van der Waals surface area (Å²) in [5.74, 6) is -0.230. The van der Waals surface area contributed by atoms with E-state index in [1.165, 1.54) is 18.2 Å². The molecule has 0 saturated carbocycles. The molecule has 1 amide bonds. The molecule has 1 rings (SSSR count). The van der Waals surface area contributed by atoms with Gasteiger partial charge in [-0.05, 0) is 30.5 Å². The highest BCUT2D eigenvalue weighted by Gasteiger charge is 2.11. The molecule has 3 N–H and O–H groups in total. The van der Waals surface area contributed by atoms with E-state index in [0.717, 1.165) is 6.42 Å². The number of carbonyl (C=O) groups excluding carboxylic acids is 1. The number of halogens is 1. The van der Waals surface area contributed by atoms with E-state index < -0.39 is 22.5 Å². The number of hydrogen-bond acceptors (Lipinski definition) is 3. The fourth-order valence-corrected chi connectivity index (χ4v) is 2.65. The van der Waals surface area contributed by atoms with Crippen LogP contribution in [0.4, 0.5) is 15.8 Å². The zero-order valence-corrected chi connectivity index (χ0v) is 11.9. The molecule has 1 unspecified atom stereocenters. The highest BCUT2D eigenvalue weighted by molar-refractivity contribution is 7.85. The molecule has 0 spiro atoms. The normalized spacial score (nSPS) is 12.4. The molecule has 0 aliphatic rings. The van der Waals surface area contributed by atoms with Gasteiger partial charge >= 0.3 is 0 Å². The Bertz CT molecular complexity index is 478. The van der Waals surface area contributed by atoms with Crippen LogP contribution in [-0.2, 0) is 15.6 Å². The first-order chi connectivity index (χ1) is 8.88. The molecule has 1 aromatic rings. The Labute approximate surface area is 115 Å². The van der Waals surface area contributed by atoms with Crippen molar-refractivity contribution in [2.45, 2.75) is 20.3 Å². The fraction of sp³-hybridized carbons (Fsp3) is 0.462. The highest BCUT2D eigenvalue weighted by atomic mass is 32.2. The van der Waals surface area contributed by atoms with E-state index in [1.807, 2.05) is 13.8 Å². The van der Waals surface area contributed by atoms with Crippen LogP contribution in [0.2, 0.25) is 0 Å². The van der Waals surface area contributed by atoms with Crippen LogP contribution in [0.25, 0.3) is 0 Å². The van der Waals surface area contributed by atoms with Crippen molar-refractivity contribution >= 4 is 28.1 Å². The Morgan fingerprint density at radius 3 is 2.79 bits per heavy atom. The maximum atomic E-state index is 13.4. The first-order valence-electron chi connectivity index (χ1n) is 6.08. The van der Waals surface area contributed by atoms with Gasteiger partial charge in [-0.1, -0.05) is 13.8 Å². The fourth-order valence-electron chi connectivity index (χ4n) is 1.41. The molecule has 0 bridgehead atoms. The van der Waals surface area contributed by atoms with Gasteiger partial charge in [-0.2, -0.15) is 0 Å². The van der Waals surface area contributed by atoms with Gasteiger partial charge in [0.15, 0.2) is 0 Å². The number of carbonyl (C=O) groups is 1. The lowest BCUT2D eigenvalue weighted by Gasteiger charge is -2.08.